The zero-order valence-corrected chi connectivity index (χ0v) is 16.8. The Balaban J connectivity index is 2.08. The first-order chi connectivity index (χ1) is 12.8. The lowest BCUT2D eigenvalue weighted by atomic mass is 9.96. The van der Waals surface area contributed by atoms with E-state index < -0.39 is 61.2 Å². The van der Waals surface area contributed by atoms with E-state index in [0.29, 0.717) is 0 Å². The van der Waals surface area contributed by atoms with E-state index in [-0.39, 0.29) is 9.59 Å². The van der Waals surface area contributed by atoms with Crippen molar-refractivity contribution in [3.05, 3.63) is 21.7 Å². The predicted octanol–water partition coefficient (Wildman–Crippen LogP) is 2.71. The van der Waals surface area contributed by atoms with Crippen LogP contribution in [0.15, 0.2) is 11.0 Å². The SMILES string of the molecule is CC(C)OP1(=S)OC[C@@]2(C(F)F)O[C@@H](n3cc(Cl)c(N)nc3=O)C(F)(F)C2O1. The minimum Gasteiger partial charge on any atom is -0.382 e. The molecule has 0 amide bonds. The highest BCUT2D eigenvalue weighted by atomic mass is 35.5. The lowest BCUT2D eigenvalue weighted by Gasteiger charge is -2.41. The Kier molecular flexibility index (Phi) is 5.59. The highest BCUT2D eigenvalue weighted by molar-refractivity contribution is 8.07. The molecule has 2 aliphatic heterocycles. The first-order valence-electron chi connectivity index (χ1n) is 7.82. The Morgan fingerprint density at radius 3 is 2.71 bits per heavy atom. The van der Waals surface area contributed by atoms with Gasteiger partial charge < -0.3 is 19.5 Å². The van der Waals surface area contributed by atoms with Crippen molar-refractivity contribution < 1.29 is 35.9 Å². The van der Waals surface area contributed by atoms with Crippen molar-refractivity contribution in [3.8, 4) is 0 Å². The molecule has 28 heavy (non-hydrogen) atoms. The summed E-state index contributed by atoms with van der Waals surface area (Å²) in [6, 6.07) is 0. The number of alkyl halides is 4. The Hall–Kier alpha value is -0.820. The Morgan fingerprint density at radius 2 is 2.14 bits per heavy atom. The molecule has 2 aliphatic rings. The van der Waals surface area contributed by atoms with E-state index in [4.69, 9.17) is 47.4 Å². The highest BCUT2D eigenvalue weighted by Gasteiger charge is 2.75. The van der Waals surface area contributed by atoms with Gasteiger partial charge >= 0.3 is 18.3 Å². The summed E-state index contributed by atoms with van der Waals surface area (Å²) in [5.41, 5.74) is 1.20. The molecule has 3 heterocycles. The fraction of sp³-hybridized carbons (Fsp3) is 0.692. The van der Waals surface area contributed by atoms with Gasteiger partial charge in [0.25, 0.3) is 6.43 Å². The Bertz CT molecular complexity index is 890. The maximum Gasteiger partial charge on any atom is 0.351 e. The lowest BCUT2D eigenvalue weighted by molar-refractivity contribution is -0.205. The second kappa shape index (κ2) is 7.15. The first kappa shape index (κ1) is 21.9. The number of nitrogens with zero attached hydrogens (tertiary/aromatic N) is 2. The normalized spacial score (nSPS) is 34.8. The summed E-state index contributed by atoms with van der Waals surface area (Å²) in [6.07, 6.45) is -8.34. The van der Waals surface area contributed by atoms with Crippen LogP contribution in [0.2, 0.25) is 5.02 Å². The van der Waals surface area contributed by atoms with Crippen molar-refractivity contribution in [2.75, 3.05) is 12.3 Å². The van der Waals surface area contributed by atoms with E-state index in [9.17, 15) is 13.6 Å². The number of halogens is 5. The molecular weight excluding hydrogens is 453 g/mol. The maximum atomic E-state index is 15.1. The van der Waals surface area contributed by atoms with E-state index in [0.717, 1.165) is 6.20 Å². The molecule has 0 bridgehead atoms. The molecule has 1 aromatic rings. The summed E-state index contributed by atoms with van der Waals surface area (Å²) < 4.78 is 78.6. The van der Waals surface area contributed by atoms with Gasteiger partial charge in [-0.15, -0.1) is 0 Å². The number of ether oxygens (including phenoxy) is 1. The number of aromatic nitrogens is 2. The molecule has 15 heteroatoms. The quantitative estimate of drug-likeness (QED) is 0.533. The smallest absolute Gasteiger partial charge is 0.351 e. The molecule has 0 saturated carbocycles. The molecule has 0 radical (unpaired) electrons. The number of hydrogen-bond acceptors (Lipinski definition) is 8. The molecule has 1 aromatic heterocycles. The van der Waals surface area contributed by atoms with Crippen LogP contribution in [-0.4, -0.2) is 46.3 Å². The van der Waals surface area contributed by atoms with Crippen LogP contribution < -0.4 is 11.4 Å². The molecular formula is C13H15ClF4N3O5PS. The van der Waals surface area contributed by atoms with Gasteiger partial charge in [-0.05, 0) is 25.7 Å². The molecule has 4 atom stereocenters. The standard InChI is InChI=1S/C13H15ClF4N3O5PS/c1-5(2)25-27(28)23-4-12(9(15)16)8(26-27)13(17,18)10(24-12)21-3-6(14)7(19)20-11(21)22/h3,5,8-10H,4H2,1-2H3,(H2,19,20,22)/t8?,10-,12-,27?/m1/s1. The predicted molar refractivity (Wildman–Crippen MR) is 93.1 cm³/mol. The van der Waals surface area contributed by atoms with Crippen molar-refractivity contribution in [1.29, 1.82) is 0 Å². The minimum atomic E-state index is -4.13. The number of hydrogen-bond donors (Lipinski definition) is 1. The van der Waals surface area contributed by atoms with E-state index in [1.54, 1.807) is 13.8 Å². The third kappa shape index (κ3) is 3.47. The van der Waals surface area contributed by atoms with Crippen molar-refractivity contribution in [2.24, 2.45) is 0 Å². The summed E-state index contributed by atoms with van der Waals surface area (Å²) in [4.78, 5) is 15.3. The van der Waals surface area contributed by atoms with Gasteiger partial charge in [-0.3, -0.25) is 9.09 Å². The van der Waals surface area contributed by atoms with Crippen molar-refractivity contribution in [2.45, 2.75) is 50.2 Å². The van der Waals surface area contributed by atoms with E-state index in [1.807, 2.05) is 0 Å². The van der Waals surface area contributed by atoms with Crippen molar-refractivity contribution >= 4 is 35.9 Å². The van der Waals surface area contributed by atoms with Gasteiger partial charge in [0, 0.05) is 6.20 Å². The molecule has 0 aromatic carbocycles. The minimum absolute atomic E-state index is 0.275. The van der Waals surface area contributed by atoms with E-state index >= 15 is 8.78 Å². The van der Waals surface area contributed by atoms with Crippen LogP contribution in [0, 0.1) is 0 Å². The Morgan fingerprint density at radius 1 is 1.50 bits per heavy atom. The fourth-order valence-corrected chi connectivity index (χ4v) is 5.53. The van der Waals surface area contributed by atoms with Gasteiger partial charge in [-0.2, -0.15) is 13.8 Å². The third-order valence-corrected chi connectivity index (χ3v) is 6.75. The highest BCUT2D eigenvalue weighted by Crippen LogP contribution is 2.64. The lowest BCUT2D eigenvalue weighted by Crippen LogP contribution is -2.57. The first-order valence-corrected chi connectivity index (χ1v) is 10.7. The molecule has 3 rings (SSSR count). The van der Waals surface area contributed by atoms with Crippen LogP contribution >= 0.6 is 18.3 Å². The van der Waals surface area contributed by atoms with Crippen LogP contribution in [0.4, 0.5) is 23.4 Å². The molecule has 2 saturated heterocycles. The Labute approximate surface area is 166 Å². The summed E-state index contributed by atoms with van der Waals surface area (Å²) >= 11 is 10.7. The number of fused-ring (bicyclic) bond motifs is 1. The average Bonchev–Trinajstić information content (AvgIpc) is 2.79. The zero-order valence-electron chi connectivity index (χ0n) is 14.4. The molecule has 2 fully saturated rings. The summed E-state index contributed by atoms with van der Waals surface area (Å²) in [5.74, 6) is -4.54. The number of rotatable bonds is 4. The molecule has 8 nitrogen and oxygen atoms in total. The van der Waals surface area contributed by atoms with Crippen molar-refractivity contribution in [1.82, 2.24) is 9.55 Å². The third-order valence-electron chi connectivity index (χ3n) is 4.03. The topological polar surface area (TPSA) is 97.8 Å². The second-order valence-corrected chi connectivity index (χ2v) is 9.75. The average molecular weight is 468 g/mol. The van der Waals surface area contributed by atoms with Crippen LogP contribution in [-0.2, 0) is 30.1 Å². The van der Waals surface area contributed by atoms with Crippen LogP contribution in [0.5, 0.6) is 0 Å². The number of anilines is 1. The molecule has 2 N–H and O–H groups in total. The summed E-state index contributed by atoms with van der Waals surface area (Å²) in [5, 5.41) is -0.342. The summed E-state index contributed by atoms with van der Waals surface area (Å²) in [6.45, 7) is -1.69. The van der Waals surface area contributed by atoms with Gasteiger partial charge in [0.15, 0.2) is 11.7 Å². The van der Waals surface area contributed by atoms with Gasteiger partial charge in [0.2, 0.25) is 6.23 Å². The van der Waals surface area contributed by atoms with Crippen LogP contribution in [0.1, 0.15) is 20.1 Å². The van der Waals surface area contributed by atoms with Crippen molar-refractivity contribution in [3.63, 3.8) is 0 Å². The number of nitrogens with two attached hydrogens (primary N) is 1. The molecule has 0 spiro atoms. The fourth-order valence-electron chi connectivity index (χ4n) is 2.82. The van der Waals surface area contributed by atoms with Crippen LogP contribution in [0.25, 0.3) is 0 Å². The largest absolute Gasteiger partial charge is 0.382 e. The van der Waals surface area contributed by atoms with Gasteiger partial charge in [-0.1, -0.05) is 11.6 Å². The zero-order chi connectivity index (χ0) is 21.1. The van der Waals surface area contributed by atoms with Crippen LogP contribution in [0.3, 0.4) is 0 Å². The second-order valence-electron chi connectivity index (χ2n) is 6.42. The number of nitrogen functional groups attached to an aromatic ring is 1. The van der Waals surface area contributed by atoms with Gasteiger partial charge in [-0.25, -0.2) is 13.6 Å². The molecule has 2 unspecified atom stereocenters. The van der Waals surface area contributed by atoms with E-state index in [1.165, 1.54) is 0 Å². The maximum absolute atomic E-state index is 15.1. The van der Waals surface area contributed by atoms with Gasteiger partial charge in [0.1, 0.15) is 5.82 Å². The summed E-state index contributed by atoms with van der Waals surface area (Å²) in [7, 11) is 0. The monoisotopic (exact) mass is 467 g/mol. The van der Waals surface area contributed by atoms with Gasteiger partial charge in [0.05, 0.1) is 17.7 Å². The van der Waals surface area contributed by atoms with E-state index in [2.05, 4.69) is 4.98 Å². The molecule has 0 aliphatic carbocycles. The molecule has 158 valence electrons.